The van der Waals surface area contributed by atoms with Gasteiger partial charge in [0.2, 0.25) is 0 Å². The minimum Gasteiger partial charge on any atom is -0.310 e. The summed E-state index contributed by atoms with van der Waals surface area (Å²) < 4.78 is 0. The van der Waals surface area contributed by atoms with Gasteiger partial charge in [0.25, 0.3) is 0 Å². The van der Waals surface area contributed by atoms with E-state index in [1.807, 2.05) is 0 Å². The summed E-state index contributed by atoms with van der Waals surface area (Å²) in [6.07, 6.45) is 2.48. The van der Waals surface area contributed by atoms with Gasteiger partial charge < -0.3 is 4.90 Å². The predicted octanol–water partition coefficient (Wildman–Crippen LogP) is 13.5. The topological polar surface area (TPSA) is 3.24 Å². The highest BCUT2D eigenvalue weighted by Crippen LogP contribution is 2.67. The molecule has 13 rings (SSSR count). The second-order valence-corrected chi connectivity index (χ2v) is 14.9. The van der Waals surface area contributed by atoms with Gasteiger partial charge in [-0.15, -0.1) is 0 Å². The smallest absolute Gasteiger partial charge is 0.0731 e. The molecule has 0 N–H and O–H groups in total. The van der Waals surface area contributed by atoms with Crippen LogP contribution >= 0.6 is 0 Å². The van der Waals surface area contributed by atoms with Gasteiger partial charge in [-0.2, -0.15) is 0 Å². The van der Waals surface area contributed by atoms with Crippen LogP contribution in [0.2, 0.25) is 0 Å². The van der Waals surface area contributed by atoms with E-state index in [-0.39, 0.29) is 0 Å². The first kappa shape index (κ1) is 28.0. The molecule has 0 aromatic heterocycles. The summed E-state index contributed by atoms with van der Waals surface area (Å²) in [5, 5.41) is 10.8. The number of hydrogen-bond acceptors (Lipinski definition) is 1. The van der Waals surface area contributed by atoms with Crippen LogP contribution in [0.25, 0.3) is 65.3 Å². The molecule has 243 valence electrons. The lowest BCUT2D eigenvalue weighted by atomic mass is 9.69. The van der Waals surface area contributed by atoms with Crippen molar-refractivity contribution in [2.24, 2.45) is 0 Å². The summed E-state index contributed by atoms with van der Waals surface area (Å²) in [5.74, 6) is 0. The molecule has 0 amide bonds. The Morgan fingerprint density at radius 1 is 0.340 bits per heavy atom. The Morgan fingerprint density at radius 3 is 1.42 bits per heavy atom. The highest BCUT2D eigenvalue weighted by atomic mass is 15.1. The van der Waals surface area contributed by atoms with Crippen molar-refractivity contribution in [2.45, 2.75) is 5.41 Å². The molecule has 3 aliphatic rings. The number of anilines is 3. The largest absolute Gasteiger partial charge is 0.310 e. The third-order valence-corrected chi connectivity index (χ3v) is 12.5. The van der Waals surface area contributed by atoms with Crippen molar-refractivity contribution in [2.75, 3.05) is 4.90 Å². The van der Waals surface area contributed by atoms with Crippen LogP contribution in [-0.2, 0) is 5.41 Å². The van der Waals surface area contributed by atoms with Gasteiger partial charge >= 0.3 is 0 Å². The van der Waals surface area contributed by atoms with Crippen LogP contribution in [0.15, 0.2) is 176 Å². The minimum atomic E-state index is -0.412. The molecule has 0 fully saturated rings. The first-order valence-electron chi connectivity index (χ1n) is 18.6. The molecule has 0 bridgehead atoms. The van der Waals surface area contributed by atoms with Gasteiger partial charge in [-0.3, -0.25) is 0 Å². The molecule has 1 radical (unpaired) electrons. The fourth-order valence-electron chi connectivity index (χ4n) is 10.6. The molecule has 0 saturated carbocycles. The monoisotopic (exact) mass is 668 g/mol. The molecule has 1 heteroatoms. The molecule has 0 aliphatic heterocycles. The van der Waals surface area contributed by atoms with Crippen LogP contribution in [0.1, 0.15) is 33.4 Å². The van der Waals surface area contributed by atoms with E-state index in [2.05, 4.69) is 187 Å². The number of nitrogens with zero attached hydrogens (tertiary/aromatic N) is 1. The Bertz CT molecular complexity index is 3110. The lowest BCUT2D eigenvalue weighted by Gasteiger charge is -2.32. The fraction of sp³-hybridized carbons (Fsp3) is 0.0192. The first-order chi connectivity index (χ1) is 26.3. The normalized spacial score (nSPS) is 14.1. The maximum atomic E-state index is 2.56. The Hall–Kier alpha value is -6.70. The molecule has 0 heterocycles. The number of hydrogen-bond donors (Lipinski definition) is 0. The molecule has 0 saturated heterocycles. The van der Waals surface area contributed by atoms with Crippen molar-refractivity contribution >= 4 is 60.2 Å². The van der Waals surface area contributed by atoms with E-state index in [9.17, 15) is 0 Å². The van der Waals surface area contributed by atoms with E-state index in [4.69, 9.17) is 0 Å². The molecular formula is C52H30N. The summed E-state index contributed by atoms with van der Waals surface area (Å²) in [7, 11) is 0. The van der Waals surface area contributed by atoms with Crippen molar-refractivity contribution < 1.29 is 0 Å². The predicted molar refractivity (Wildman–Crippen MR) is 221 cm³/mol. The zero-order chi connectivity index (χ0) is 34.4. The lowest BCUT2D eigenvalue weighted by Crippen LogP contribution is -2.26. The van der Waals surface area contributed by atoms with Crippen LogP contribution in [0.3, 0.4) is 0 Å². The van der Waals surface area contributed by atoms with Crippen LogP contribution in [0, 0.1) is 6.42 Å². The summed E-state index contributed by atoms with van der Waals surface area (Å²) in [5.41, 5.74) is 16.9. The number of fused-ring (bicyclic) bond motifs is 17. The molecule has 10 aromatic rings. The zero-order valence-electron chi connectivity index (χ0n) is 28.8. The molecule has 1 spiro atoms. The van der Waals surface area contributed by atoms with Crippen molar-refractivity contribution in [3.05, 3.63) is 216 Å². The fourth-order valence-corrected chi connectivity index (χ4v) is 10.6. The van der Waals surface area contributed by atoms with E-state index >= 15 is 0 Å². The van der Waals surface area contributed by atoms with Crippen molar-refractivity contribution in [3.8, 4) is 22.3 Å². The maximum Gasteiger partial charge on any atom is 0.0731 e. The first-order valence-corrected chi connectivity index (χ1v) is 18.6. The molecule has 10 aromatic carbocycles. The molecule has 3 aliphatic carbocycles. The van der Waals surface area contributed by atoms with Gasteiger partial charge in [-0.25, -0.2) is 0 Å². The molecule has 1 nitrogen and oxygen atoms in total. The lowest BCUT2D eigenvalue weighted by molar-refractivity contribution is 0.801. The van der Waals surface area contributed by atoms with E-state index in [0.29, 0.717) is 0 Å². The summed E-state index contributed by atoms with van der Waals surface area (Å²) >= 11 is 0. The Morgan fingerprint density at radius 2 is 0.811 bits per heavy atom. The maximum absolute atomic E-state index is 2.56. The molecular weight excluding hydrogens is 639 g/mol. The SMILES string of the molecule is [CH]1c2c1c1c3c(cc4c5ccccc5c5ccc(N(c6ccccc6)c6ccccc6)c2c5c14)-c1ccccc1C31c2ccccc2-c2ccccc21. The van der Waals surface area contributed by atoms with E-state index in [1.165, 1.54) is 104 Å². The summed E-state index contributed by atoms with van der Waals surface area (Å²) in [4.78, 5) is 2.45. The highest BCUT2D eigenvalue weighted by Gasteiger charge is 2.53. The summed E-state index contributed by atoms with van der Waals surface area (Å²) in [6.45, 7) is 0. The summed E-state index contributed by atoms with van der Waals surface area (Å²) in [6, 6.07) is 65.7. The Kier molecular flexibility index (Phi) is 5.16. The third kappa shape index (κ3) is 3.31. The molecule has 0 unspecified atom stereocenters. The average molecular weight is 669 g/mol. The van der Waals surface area contributed by atoms with Crippen LogP contribution in [0.5, 0.6) is 0 Å². The second kappa shape index (κ2) is 9.79. The number of para-hydroxylation sites is 2. The van der Waals surface area contributed by atoms with E-state index < -0.39 is 5.41 Å². The molecule has 0 atom stereocenters. The van der Waals surface area contributed by atoms with Gasteiger partial charge in [0.1, 0.15) is 0 Å². The van der Waals surface area contributed by atoms with Crippen molar-refractivity contribution in [3.63, 3.8) is 0 Å². The van der Waals surface area contributed by atoms with Gasteiger partial charge in [0.15, 0.2) is 0 Å². The number of benzene rings is 10. The van der Waals surface area contributed by atoms with Gasteiger partial charge in [-0.05, 0) is 124 Å². The van der Waals surface area contributed by atoms with Crippen LogP contribution in [0.4, 0.5) is 17.1 Å². The Balaban J connectivity index is 1.26. The second-order valence-electron chi connectivity index (χ2n) is 14.9. The highest BCUT2D eigenvalue weighted by molar-refractivity contribution is 6.39. The van der Waals surface area contributed by atoms with Gasteiger partial charge in [0.05, 0.1) is 11.1 Å². The quantitative estimate of drug-likeness (QED) is 0.134. The third-order valence-electron chi connectivity index (χ3n) is 12.5. The zero-order valence-corrected chi connectivity index (χ0v) is 28.8. The van der Waals surface area contributed by atoms with E-state index in [0.717, 1.165) is 11.4 Å². The van der Waals surface area contributed by atoms with Crippen molar-refractivity contribution in [1.29, 1.82) is 0 Å². The average Bonchev–Trinajstić information content (AvgIpc) is 3.91. The van der Waals surface area contributed by atoms with Gasteiger partial charge in [-0.1, -0.05) is 140 Å². The Labute approximate surface area is 307 Å². The minimum absolute atomic E-state index is 0.412. The van der Waals surface area contributed by atoms with E-state index in [1.54, 1.807) is 0 Å². The standard InChI is InChI=1S/C52H30N/c1-3-15-31(16-4-1)53(32-17-5-2-6-18-32)46-28-27-38-33-19-7-8-20-34(33)39-30-42-37-23-11-14-26-45(37)52(51(42)50-41-29-40(41)47(46)48(38)49(39)50)43-24-12-9-21-35(43)36-22-10-13-25-44(36)52/h1-30H. The van der Waals surface area contributed by atoms with Crippen molar-refractivity contribution in [1.82, 2.24) is 0 Å². The number of rotatable bonds is 3. The van der Waals surface area contributed by atoms with Crippen LogP contribution in [-0.4, -0.2) is 0 Å². The van der Waals surface area contributed by atoms with Crippen LogP contribution < -0.4 is 4.90 Å². The van der Waals surface area contributed by atoms with Gasteiger partial charge in [0, 0.05) is 28.6 Å². The molecule has 53 heavy (non-hydrogen) atoms.